The number of aryl methyl sites for hydroxylation is 1. The van der Waals surface area contributed by atoms with Gasteiger partial charge in [-0.05, 0) is 26.3 Å². The summed E-state index contributed by atoms with van der Waals surface area (Å²) in [5.74, 6) is 1.82. The van der Waals surface area contributed by atoms with Crippen LogP contribution in [0.15, 0.2) is 29.4 Å². The molecule has 0 amide bonds. The molecule has 0 saturated carbocycles. The maximum Gasteiger partial charge on any atom is 0.191 e. The van der Waals surface area contributed by atoms with E-state index in [1.807, 2.05) is 6.07 Å². The Labute approximate surface area is 123 Å². The Balaban J connectivity index is 2.19. The molecular formula is C15H18N4S. The first-order chi connectivity index (χ1) is 9.76. The molecule has 2 aromatic rings. The van der Waals surface area contributed by atoms with Crippen LogP contribution in [0.1, 0.15) is 25.3 Å². The van der Waals surface area contributed by atoms with Crippen molar-refractivity contribution < 1.29 is 0 Å². The molecule has 5 heteroatoms. The maximum atomic E-state index is 8.55. The summed E-state index contributed by atoms with van der Waals surface area (Å²) in [5.41, 5.74) is 2.32. The number of nitrogens with zero attached hydrogens (tertiary/aromatic N) is 4. The molecule has 0 aliphatic rings. The highest BCUT2D eigenvalue weighted by Crippen LogP contribution is 2.25. The summed E-state index contributed by atoms with van der Waals surface area (Å²) in [6, 6.07) is 10.5. The van der Waals surface area contributed by atoms with Gasteiger partial charge in [0.25, 0.3) is 0 Å². The lowest BCUT2D eigenvalue weighted by atomic mass is 10.1. The highest BCUT2D eigenvalue weighted by atomic mass is 32.2. The molecule has 0 bridgehead atoms. The van der Waals surface area contributed by atoms with E-state index in [1.165, 1.54) is 5.56 Å². The van der Waals surface area contributed by atoms with Crippen LogP contribution in [-0.4, -0.2) is 20.5 Å². The normalized spacial score (nSPS) is 10.4. The third kappa shape index (κ3) is 3.40. The van der Waals surface area contributed by atoms with Crippen molar-refractivity contribution >= 4 is 11.8 Å². The van der Waals surface area contributed by atoms with E-state index in [-0.39, 0.29) is 0 Å². The van der Waals surface area contributed by atoms with Crippen molar-refractivity contribution in [2.45, 2.75) is 38.4 Å². The van der Waals surface area contributed by atoms with Crippen molar-refractivity contribution in [1.29, 1.82) is 5.26 Å². The first-order valence-electron chi connectivity index (χ1n) is 6.76. The van der Waals surface area contributed by atoms with Gasteiger partial charge in [0, 0.05) is 24.3 Å². The fourth-order valence-electron chi connectivity index (χ4n) is 1.99. The summed E-state index contributed by atoms with van der Waals surface area (Å²) in [6.07, 6.45) is 1.48. The summed E-state index contributed by atoms with van der Waals surface area (Å²) in [5, 5.41) is 18.1. The smallest absolute Gasteiger partial charge is 0.191 e. The fourth-order valence-corrected chi connectivity index (χ4v) is 2.93. The SMILES string of the molecule is CCn1c(SCCCC#N)nnc1-c1cccc(C)c1. The second-order valence-corrected chi connectivity index (χ2v) is 5.59. The van der Waals surface area contributed by atoms with E-state index in [0.29, 0.717) is 6.42 Å². The van der Waals surface area contributed by atoms with Crippen LogP contribution in [0, 0.1) is 18.3 Å². The molecule has 0 aliphatic heterocycles. The largest absolute Gasteiger partial charge is 0.302 e. The van der Waals surface area contributed by atoms with Gasteiger partial charge in [-0.1, -0.05) is 35.5 Å². The van der Waals surface area contributed by atoms with E-state index in [4.69, 9.17) is 5.26 Å². The Hall–Kier alpha value is -1.80. The van der Waals surface area contributed by atoms with Gasteiger partial charge >= 0.3 is 0 Å². The molecule has 2 rings (SSSR count). The number of hydrogen-bond donors (Lipinski definition) is 0. The maximum absolute atomic E-state index is 8.55. The number of benzene rings is 1. The van der Waals surface area contributed by atoms with Crippen LogP contribution in [0.3, 0.4) is 0 Å². The predicted octanol–water partition coefficient (Wildman–Crippen LogP) is 3.67. The summed E-state index contributed by atoms with van der Waals surface area (Å²) < 4.78 is 2.13. The molecule has 104 valence electrons. The third-order valence-corrected chi connectivity index (χ3v) is 4.03. The van der Waals surface area contributed by atoms with E-state index in [0.717, 1.165) is 35.3 Å². The van der Waals surface area contributed by atoms with Gasteiger partial charge in [0.1, 0.15) is 0 Å². The first kappa shape index (κ1) is 14.6. The Bertz CT molecular complexity index is 613. The van der Waals surface area contributed by atoms with Gasteiger partial charge in [0.15, 0.2) is 11.0 Å². The zero-order valence-electron chi connectivity index (χ0n) is 11.8. The van der Waals surface area contributed by atoms with Gasteiger partial charge in [-0.15, -0.1) is 10.2 Å². The highest BCUT2D eigenvalue weighted by molar-refractivity contribution is 7.99. The molecule has 0 atom stereocenters. The Morgan fingerprint density at radius 1 is 1.35 bits per heavy atom. The fraction of sp³-hybridized carbons (Fsp3) is 0.400. The quantitative estimate of drug-likeness (QED) is 0.600. The van der Waals surface area contributed by atoms with Crippen LogP contribution in [0.5, 0.6) is 0 Å². The minimum Gasteiger partial charge on any atom is -0.302 e. The molecule has 1 aromatic carbocycles. The molecule has 4 nitrogen and oxygen atoms in total. The van der Waals surface area contributed by atoms with Crippen molar-refractivity contribution in [3.63, 3.8) is 0 Å². The Morgan fingerprint density at radius 2 is 2.20 bits per heavy atom. The van der Waals surface area contributed by atoms with E-state index in [9.17, 15) is 0 Å². The number of unbranched alkanes of at least 4 members (excludes halogenated alkanes) is 1. The average molecular weight is 286 g/mol. The molecule has 1 aromatic heterocycles. The number of aromatic nitrogens is 3. The van der Waals surface area contributed by atoms with E-state index in [2.05, 4.69) is 52.9 Å². The summed E-state index contributed by atoms with van der Waals surface area (Å²) in [7, 11) is 0. The van der Waals surface area contributed by atoms with Gasteiger partial charge in [-0.3, -0.25) is 0 Å². The van der Waals surface area contributed by atoms with E-state index < -0.39 is 0 Å². The minimum atomic E-state index is 0.595. The third-order valence-electron chi connectivity index (χ3n) is 2.97. The monoisotopic (exact) mass is 286 g/mol. The molecular weight excluding hydrogens is 268 g/mol. The molecule has 0 saturated heterocycles. The van der Waals surface area contributed by atoms with Crippen LogP contribution < -0.4 is 0 Å². The lowest BCUT2D eigenvalue weighted by molar-refractivity contribution is 0.687. The number of thioether (sulfide) groups is 1. The predicted molar refractivity (Wildman–Crippen MR) is 81.4 cm³/mol. The zero-order chi connectivity index (χ0) is 14.4. The van der Waals surface area contributed by atoms with Crippen molar-refractivity contribution in [1.82, 2.24) is 14.8 Å². The average Bonchev–Trinajstić information content (AvgIpc) is 2.86. The van der Waals surface area contributed by atoms with Crippen molar-refractivity contribution in [2.75, 3.05) is 5.75 Å². The van der Waals surface area contributed by atoms with Crippen LogP contribution in [0.2, 0.25) is 0 Å². The van der Waals surface area contributed by atoms with Crippen LogP contribution in [0.25, 0.3) is 11.4 Å². The second-order valence-electron chi connectivity index (χ2n) is 4.53. The van der Waals surface area contributed by atoms with Crippen LogP contribution in [0.4, 0.5) is 0 Å². The Morgan fingerprint density at radius 3 is 2.90 bits per heavy atom. The van der Waals surface area contributed by atoms with Gasteiger partial charge in [0.05, 0.1) is 6.07 Å². The molecule has 0 unspecified atom stereocenters. The molecule has 0 radical (unpaired) electrons. The lowest BCUT2D eigenvalue weighted by Gasteiger charge is -2.07. The number of hydrogen-bond acceptors (Lipinski definition) is 4. The van der Waals surface area contributed by atoms with Crippen molar-refractivity contribution in [2.24, 2.45) is 0 Å². The Kier molecular flexibility index (Phi) is 5.19. The molecule has 20 heavy (non-hydrogen) atoms. The van der Waals surface area contributed by atoms with Crippen LogP contribution >= 0.6 is 11.8 Å². The van der Waals surface area contributed by atoms with E-state index >= 15 is 0 Å². The van der Waals surface area contributed by atoms with Gasteiger partial charge in [0.2, 0.25) is 0 Å². The molecule has 0 N–H and O–H groups in total. The summed E-state index contributed by atoms with van der Waals surface area (Å²) in [6.45, 7) is 5.02. The van der Waals surface area contributed by atoms with Gasteiger partial charge < -0.3 is 4.57 Å². The first-order valence-corrected chi connectivity index (χ1v) is 7.74. The van der Waals surface area contributed by atoms with Crippen molar-refractivity contribution in [3.05, 3.63) is 29.8 Å². The molecule has 0 fully saturated rings. The van der Waals surface area contributed by atoms with E-state index in [1.54, 1.807) is 11.8 Å². The summed E-state index contributed by atoms with van der Waals surface area (Å²) in [4.78, 5) is 0. The lowest BCUT2D eigenvalue weighted by Crippen LogP contribution is -2.00. The second kappa shape index (κ2) is 7.11. The zero-order valence-corrected chi connectivity index (χ0v) is 12.7. The van der Waals surface area contributed by atoms with Gasteiger partial charge in [-0.25, -0.2) is 0 Å². The number of rotatable bonds is 6. The topological polar surface area (TPSA) is 54.5 Å². The molecule has 1 heterocycles. The molecule has 0 spiro atoms. The van der Waals surface area contributed by atoms with Gasteiger partial charge in [-0.2, -0.15) is 5.26 Å². The number of nitriles is 1. The summed E-state index contributed by atoms with van der Waals surface area (Å²) >= 11 is 1.67. The minimum absolute atomic E-state index is 0.595. The van der Waals surface area contributed by atoms with Crippen LogP contribution in [-0.2, 0) is 6.54 Å². The standard InChI is InChI=1S/C15H18N4S/c1-3-19-14(13-8-6-7-12(2)11-13)17-18-15(19)20-10-5-4-9-16/h6-8,11H,3-5,10H2,1-2H3. The highest BCUT2D eigenvalue weighted by Gasteiger charge is 2.12. The molecule has 0 aliphatic carbocycles. The van der Waals surface area contributed by atoms with Crippen molar-refractivity contribution in [3.8, 4) is 17.5 Å².